The highest BCUT2D eigenvalue weighted by atomic mass is 16.5. The number of aliphatic hydroxyl groups excluding tert-OH is 1. The van der Waals surface area contributed by atoms with Crippen LogP contribution in [0.2, 0.25) is 0 Å². The number of nitrogens with one attached hydrogen (secondary N) is 1. The van der Waals surface area contributed by atoms with Gasteiger partial charge in [-0.3, -0.25) is 14.5 Å². The fourth-order valence-electron chi connectivity index (χ4n) is 4.95. The number of pyridine rings is 1. The van der Waals surface area contributed by atoms with Gasteiger partial charge in [-0.25, -0.2) is 19.1 Å². The molecule has 9 nitrogen and oxygen atoms in total. The predicted molar refractivity (Wildman–Crippen MR) is 131 cm³/mol. The van der Waals surface area contributed by atoms with Crippen LogP contribution in [0.1, 0.15) is 51.1 Å². The summed E-state index contributed by atoms with van der Waals surface area (Å²) in [5.41, 5.74) is 1.20. The molecule has 1 spiro atoms. The number of benzene rings is 1. The van der Waals surface area contributed by atoms with E-state index in [4.69, 9.17) is 4.74 Å². The summed E-state index contributed by atoms with van der Waals surface area (Å²) in [6.07, 6.45) is 8.95. The average molecular weight is 478 g/mol. The minimum Gasteiger partial charge on any atom is -0.457 e. The molecule has 2 heterocycles. The second kappa shape index (κ2) is 9.65. The van der Waals surface area contributed by atoms with E-state index in [1.807, 2.05) is 0 Å². The largest absolute Gasteiger partial charge is 0.457 e. The van der Waals surface area contributed by atoms with Crippen LogP contribution in [-0.2, 0) is 19.7 Å². The van der Waals surface area contributed by atoms with Gasteiger partial charge in [0.2, 0.25) is 5.62 Å². The summed E-state index contributed by atoms with van der Waals surface area (Å²) in [7, 11) is 0. The van der Waals surface area contributed by atoms with Gasteiger partial charge in [0.1, 0.15) is 11.5 Å². The molecular weight excluding hydrogens is 446 g/mol. The summed E-state index contributed by atoms with van der Waals surface area (Å²) >= 11 is 0. The number of H-pyrrole nitrogens is 1. The third-order valence-electron chi connectivity index (χ3n) is 7.32. The Morgan fingerprint density at radius 1 is 1.09 bits per heavy atom. The number of ether oxygens (including phenoxy) is 1. The van der Waals surface area contributed by atoms with Crippen LogP contribution >= 0.6 is 0 Å². The second-order valence-corrected chi connectivity index (χ2v) is 9.68. The van der Waals surface area contributed by atoms with E-state index in [2.05, 4.69) is 15.0 Å². The van der Waals surface area contributed by atoms with Crippen molar-refractivity contribution in [1.82, 2.24) is 19.1 Å². The lowest BCUT2D eigenvalue weighted by atomic mass is 9.80. The van der Waals surface area contributed by atoms with Crippen molar-refractivity contribution in [3.05, 3.63) is 74.9 Å². The molecule has 5 rings (SSSR count). The molecular formula is C26H31N5O4. The second-order valence-electron chi connectivity index (χ2n) is 9.68. The Bertz CT molecular complexity index is 1370. The lowest BCUT2D eigenvalue weighted by Crippen LogP contribution is -2.50. The van der Waals surface area contributed by atoms with Gasteiger partial charge in [0.15, 0.2) is 0 Å². The standard InChI is InChI=1S/C26H31N5O4/c1-2-30-24(33)29-23(31(25(30)34)16-18-7-10-26(11-8-18)12-13-26)28-19-3-5-21(6-4-19)35-22-9-14-27-20(15-22)17-32/h3-6,9,14-15,18,32H,2,7-8,10-13,16-17H2,1H3,(H,28,29,33). The van der Waals surface area contributed by atoms with Crippen LogP contribution in [-0.4, -0.2) is 24.2 Å². The van der Waals surface area contributed by atoms with Crippen molar-refractivity contribution in [3.8, 4) is 11.5 Å². The van der Waals surface area contributed by atoms with Gasteiger partial charge in [0, 0.05) is 25.4 Å². The summed E-state index contributed by atoms with van der Waals surface area (Å²) in [5, 5.41) is 9.25. The zero-order chi connectivity index (χ0) is 24.4. The Kier molecular flexibility index (Phi) is 6.42. The minimum absolute atomic E-state index is 0.161. The molecule has 0 bridgehead atoms. The van der Waals surface area contributed by atoms with Gasteiger partial charge >= 0.3 is 11.4 Å². The molecule has 1 aromatic carbocycles. The fourth-order valence-corrected chi connectivity index (χ4v) is 4.95. The summed E-state index contributed by atoms with van der Waals surface area (Å²) in [4.78, 5) is 37.1. The van der Waals surface area contributed by atoms with Gasteiger partial charge in [-0.15, -0.1) is 0 Å². The lowest BCUT2D eigenvalue weighted by Gasteiger charge is -2.28. The molecule has 2 N–H and O–H groups in total. The van der Waals surface area contributed by atoms with Gasteiger partial charge in [-0.1, -0.05) is 0 Å². The van der Waals surface area contributed by atoms with Gasteiger partial charge in [0.25, 0.3) is 0 Å². The first-order valence-corrected chi connectivity index (χ1v) is 12.3. The van der Waals surface area contributed by atoms with E-state index >= 15 is 0 Å². The highest BCUT2D eigenvalue weighted by Crippen LogP contribution is 2.57. The zero-order valence-corrected chi connectivity index (χ0v) is 19.9. The predicted octanol–water partition coefficient (Wildman–Crippen LogP) is 3.24. The molecule has 2 aromatic heterocycles. The molecule has 2 fully saturated rings. The Hall–Kier alpha value is -3.46. The van der Waals surface area contributed by atoms with Crippen molar-refractivity contribution < 1.29 is 9.84 Å². The fraction of sp³-hybridized carbons (Fsp3) is 0.462. The van der Waals surface area contributed by atoms with Crippen LogP contribution in [0.4, 0.5) is 5.69 Å². The van der Waals surface area contributed by atoms with E-state index in [9.17, 15) is 14.7 Å². The van der Waals surface area contributed by atoms with Crippen molar-refractivity contribution in [2.75, 3.05) is 0 Å². The molecule has 2 aliphatic carbocycles. The third-order valence-corrected chi connectivity index (χ3v) is 7.32. The van der Waals surface area contributed by atoms with Crippen LogP contribution in [0.25, 0.3) is 0 Å². The first-order chi connectivity index (χ1) is 17.0. The Labute approximate surface area is 202 Å². The minimum atomic E-state index is -0.453. The Morgan fingerprint density at radius 2 is 1.83 bits per heavy atom. The molecule has 3 aromatic rings. The number of hydrogen-bond acceptors (Lipinski definition) is 6. The highest BCUT2D eigenvalue weighted by Gasteiger charge is 2.44. The molecule has 2 aliphatic rings. The Morgan fingerprint density at radius 3 is 2.49 bits per heavy atom. The molecule has 9 heteroatoms. The average Bonchev–Trinajstić information content (AvgIpc) is 3.63. The quantitative estimate of drug-likeness (QED) is 0.542. The number of nitrogens with zero attached hydrogens (tertiary/aromatic N) is 4. The number of aromatic amines is 1. The molecule has 0 amide bonds. The Balaban J connectivity index is 1.41. The molecule has 184 valence electrons. The molecule has 0 saturated heterocycles. The lowest BCUT2D eigenvalue weighted by molar-refractivity contribution is 0.230. The maximum atomic E-state index is 13.2. The third kappa shape index (κ3) is 5.14. The monoisotopic (exact) mass is 477 g/mol. The zero-order valence-electron chi connectivity index (χ0n) is 19.9. The molecule has 0 aliphatic heterocycles. The highest BCUT2D eigenvalue weighted by molar-refractivity contribution is 5.42. The molecule has 0 unspecified atom stereocenters. The first-order valence-electron chi connectivity index (χ1n) is 12.3. The van der Waals surface area contributed by atoms with Gasteiger partial charge in [-0.2, -0.15) is 0 Å². The number of aliphatic hydroxyl groups is 1. The summed E-state index contributed by atoms with van der Waals surface area (Å²) in [6.45, 7) is 2.49. The van der Waals surface area contributed by atoms with E-state index in [0.29, 0.717) is 47.3 Å². The normalized spacial score (nSPS) is 17.6. The maximum Gasteiger partial charge on any atom is 0.334 e. The summed E-state index contributed by atoms with van der Waals surface area (Å²) < 4.78 is 8.67. The molecule has 0 atom stereocenters. The van der Waals surface area contributed by atoms with Crippen molar-refractivity contribution in [2.24, 2.45) is 16.3 Å². The smallest absolute Gasteiger partial charge is 0.334 e. The SMILES string of the molecule is CCn1c(=O)[nH]/c(=N\c2ccc(Oc3ccnc(CO)c3)cc2)n(CC2CCC3(CC2)CC3)c1=O. The van der Waals surface area contributed by atoms with Crippen molar-refractivity contribution in [3.63, 3.8) is 0 Å². The van der Waals surface area contributed by atoms with Gasteiger partial charge in [-0.05, 0) is 87.1 Å². The molecule has 0 radical (unpaired) electrons. The van der Waals surface area contributed by atoms with E-state index < -0.39 is 5.69 Å². The van der Waals surface area contributed by atoms with Crippen LogP contribution in [0.15, 0.2) is 57.2 Å². The number of aromatic nitrogens is 4. The van der Waals surface area contributed by atoms with E-state index in [-0.39, 0.29) is 17.9 Å². The topological polar surface area (TPSA) is 114 Å². The van der Waals surface area contributed by atoms with E-state index in [1.54, 1.807) is 54.1 Å². The van der Waals surface area contributed by atoms with Gasteiger partial charge in [0.05, 0.1) is 18.0 Å². The number of rotatable bonds is 7. The summed E-state index contributed by atoms with van der Waals surface area (Å²) in [6, 6.07) is 10.5. The van der Waals surface area contributed by atoms with Crippen LogP contribution in [0.5, 0.6) is 11.5 Å². The molecule has 35 heavy (non-hydrogen) atoms. The summed E-state index contributed by atoms with van der Waals surface area (Å²) in [5.74, 6) is 1.57. The van der Waals surface area contributed by atoms with Crippen LogP contribution < -0.4 is 21.7 Å². The van der Waals surface area contributed by atoms with Crippen molar-refractivity contribution in [1.29, 1.82) is 0 Å². The van der Waals surface area contributed by atoms with Crippen molar-refractivity contribution in [2.45, 2.75) is 65.1 Å². The van der Waals surface area contributed by atoms with Crippen LogP contribution in [0, 0.1) is 11.3 Å². The van der Waals surface area contributed by atoms with Gasteiger partial charge < -0.3 is 9.84 Å². The number of hydrogen-bond donors (Lipinski definition) is 2. The van der Waals surface area contributed by atoms with E-state index in [1.165, 1.54) is 30.3 Å². The van der Waals surface area contributed by atoms with Crippen LogP contribution in [0.3, 0.4) is 0 Å². The maximum absolute atomic E-state index is 13.2. The van der Waals surface area contributed by atoms with Crippen molar-refractivity contribution >= 4 is 5.69 Å². The molecule has 2 saturated carbocycles. The van der Waals surface area contributed by atoms with E-state index in [0.717, 1.165) is 12.8 Å². The first kappa shape index (κ1) is 23.3.